The van der Waals surface area contributed by atoms with Crippen LogP contribution >= 0.6 is 16.5 Å². The second-order valence-corrected chi connectivity index (χ2v) is 2.39. The van der Waals surface area contributed by atoms with E-state index in [1.54, 1.807) is 6.92 Å². The third-order valence-corrected chi connectivity index (χ3v) is 1.20. The molecule has 0 saturated heterocycles. The maximum Gasteiger partial charge on any atom is 2.00 e. The first-order chi connectivity index (χ1) is 4.54. The topological polar surface area (TPSA) is 110 Å². The molecule has 9 heteroatoms. The Kier molecular flexibility index (Phi) is 21.7. The summed E-state index contributed by atoms with van der Waals surface area (Å²) in [5.41, 5.74) is 0. The molecule has 0 aromatic heterocycles. The Morgan fingerprint density at radius 2 is 1.55 bits per heavy atom. The smallest absolute Gasteiger partial charge is 0.563 e. The minimum atomic E-state index is -3.24. The van der Waals surface area contributed by atoms with Crippen molar-refractivity contribution in [3.63, 3.8) is 0 Å². The molecular weight excluding hydrogens is 206 g/mol. The predicted octanol–water partition coefficient (Wildman–Crippen LogP) is -1.34. The van der Waals surface area contributed by atoms with Crippen molar-refractivity contribution in [1.29, 1.82) is 0 Å². The molecule has 60 valence electrons. The first-order valence-electron chi connectivity index (χ1n) is 2.12. The normalized spacial score (nSPS) is 10.2. The largest absolute Gasteiger partial charge is 2.00 e. The Labute approximate surface area is 81.6 Å². The third-order valence-electron chi connectivity index (χ3n) is 0.133. The summed E-state index contributed by atoms with van der Waals surface area (Å²) in [6.07, 6.45) is 0. The van der Waals surface area contributed by atoms with Gasteiger partial charge in [-0.05, 0) is 16.1 Å². The van der Waals surface area contributed by atoms with Crippen molar-refractivity contribution in [3.05, 3.63) is 0 Å². The fraction of sp³-hybridized carbons (Fsp3) is 1.00. The summed E-state index contributed by atoms with van der Waals surface area (Å²) in [7, 11) is -6.47. The van der Waals surface area contributed by atoms with Crippen molar-refractivity contribution >= 4 is 39.6 Å². The molecule has 0 bridgehead atoms. The fourth-order valence-corrected chi connectivity index (χ4v) is 0.490. The van der Waals surface area contributed by atoms with Gasteiger partial charge in [-0.3, -0.25) is 0 Å². The maximum atomic E-state index is 9.24. The van der Waals surface area contributed by atoms with E-state index in [0.29, 0.717) is 0 Å². The van der Waals surface area contributed by atoms with Crippen LogP contribution in [0.3, 0.4) is 0 Å². The monoisotopic (exact) mass is 212 g/mol. The Hall–Kier alpha value is 0.806. The Balaban J connectivity index is -0.000000140. The van der Waals surface area contributed by atoms with Gasteiger partial charge in [0.15, 0.2) is 0 Å². The first-order valence-corrected chi connectivity index (χ1v) is 4.31. The molecule has 0 saturated carbocycles. The van der Waals surface area contributed by atoms with E-state index in [-0.39, 0.29) is 29.7 Å². The van der Waals surface area contributed by atoms with Gasteiger partial charge >= 0.3 is 39.6 Å². The van der Waals surface area contributed by atoms with E-state index in [0.717, 1.165) is 0 Å². The van der Waals surface area contributed by atoms with E-state index >= 15 is 0 Å². The molecule has 6 nitrogen and oxygen atoms in total. The van der Waals surface area contributed by atoms with Crippen LogP contribution in [0.4, 0.5) is 0 Å². The zero-order valence-corrected chi connectivity index (χ0v) is 9.00. The number of aliphatic hydroxyl groups is 1. The minimum Gasteiger partial charge on any atom is -0.563 e. The molecule has 0 heterocycles. The molecule has 11 heavy (non-hydrogen) atoms. The van der Waals surface area contributed by atoms with Gasteiger partial charge in [0, 0.05) is 6.61 Å². The van der Waals surface area contributed by atoms with Gasteiger partial charge in [-0.1, -0.05) is 0 Å². The minimum absolute atomic E-state index is 0. The molecule has 0 aliphatic rings. The van der Waals surface area contributed by atoms with Crippen LogP contribution in [-0.4, -0.2) is 34.8 Å². The fourth-order valence-electron chi connectivity index (χ4n) is 0.0544. The van der Waals surface area contributed by atoms with Gasteiger partial charge in [-0.2, -0.15) is 0 Å². The molecular formula is C2H6MgO6P2+2. The zero-order chi connectivity index (χ0) is 8.57. The maximum absolute atomic E-state index is 9.24. The van der Waals surface area contributed by atoms with Crippen LogP contribution in [0.25, 0.3) is 0 Å². The van der Waals surface area contributed by atoms with E-state index < -0.39 is 16.5 Å². The summed E-state index contributed by atoms with van der Waals surface area (Å²) in [6, 6.07) is 0. The second kappa shape index (κ2) is 13.4. The van der Waals surface area contributed by atoms with E-state index in [1.807, 2.05) is 0 Å². The van der Waals surface area contributed by atoms with Gasteiger partial charge in [-0.25, -0.2) is 0 Å². The van der Waals surface area contributed by atoms with Crippen LogP contribution in [0.2, 0.25) is 0 Å². The van der Waals surface area contributed by atoms with Crippen LogP contribution in [0.1, 0.15) is 6.92 Å². The van der Waals surface area contributed by atoms with Crippen LogP contribution in [0.15, 0.2) is 0 Å². The van der Waals surface area contributed by atoms with E-state index in [1.165, 1.54) is 0 Å². The van der Waals surface area contributed by atoms with Crippen molar-refractivity contribution in [2.75, 3.05) is 6.61 Å². The summed E-state index contributed by atoms with van der Waals surface area (Å²) in [5, 5.41) is 7.57. The SMILES string of the molecule is CCO.O=[P+]([O-])O[P+](=O)[O-].[Mg+2]. The summed E-state index contributed by atoms with van der Waals surface area (Å²) < 4.78 is 21.6. The van der Waals surface area contributed by atoms with Crippen LogP contribution < -0.4 is 9.79 Å². The molecule has 0 aromatic rings. The molecule has 1 N–H and O–H groups in total. The van der Waals surface area contributed by atoms with Crippen LogP contribution in [-0.2, 0) is 13.4 Å². The molecule has 0 aliphatic heterocycles. The van der Waals surface area contributed by atoms with Crippen molar-refractivity contribution in [2.24, 2.45) is 0 Å². The Morgan fingerprint density at radius 1 is 1.36 bits per heavy atom. The second-order valence-electron chi connectivity index (χ2n) is 0.845. The van der Waals surface area contributed by atoms with E-state index in [4.69, 9.17) is 5.11 Å². The number of aliphatic hydroxyl groups excluding tert-OH is 1. The molecule has 0 radical (unpaired) electrons. The van der Waals surface area contributed by atoms with Gasteiger partial charge < -0.3 is 14.9 Å². The van der Waals surface area contributed by atoms with Gasteiger partial charge in [-0.15, -0.1) is 0 Å². The van der Waals surface area contributed by atoms with Crippen LogP contribution in [0, 0.1) is 0 Å². The van der Waals surface area contributed by atoms with Gasteiger partial charge in [0.1, 0.15) is 4.31 Å². The van der Waals surface area contributed by atoms with E-state index in [9.17, 15) is 18.9 Å². The van der Waals surface area contributed by atoms with Gasteiger partial charge in [0.25, 0.3) is 0 Å². The Bertz CT molecular complexity index is 105. The van der Waals surface area contributed by atoms with E-state index in [2.05, 4.69) is 4.31 Å². The quantitative estimate of drug-likeness (QED) is 0.448. The standard InChI is InChI=1S/C2H6O.Mg.O5P2/c1-2-3;;1-6(2)5-7(3)4/h3H,2H2,1H3;;/q;+2;. The van der Waals surface area contributed by atoms with Crippen molar-refractivity contribution in [2.45, 2.75) is 6.92 Å². The van der Waals surface area contributed by atoms with Gasteiger partial charge in [0.05, 0.1) is 0 Å². The molecule has 0 aromatic carbocycles. The summed E-state index contributed by atoms with van der Waals surface area (Å²) in [5.74, 6) is 0. The van der Waals surface area contributed by atoms with Crippen molar-refractivity contribution in [3.8, 4) is 0 Å². The van der Waals surface area contributed by atoms with Crippen molar-refractivity contribution in [1.82, 2.24) is 0 Å². The average molecular weight is 212 g/mol. The summed E-state index contributed by atoms with van der Waals surface area (Å²) in [6.45, 7) is 1.93. The molecule has 2 unspecified atom stereocenters. The zero-order valence-electron chi connectivity index (χ0n) is 5.80. The third kappa shape index (κ3) is 36.3. The molecule has 0 amide bonds. The number of hydrogen-bond donors (Lipinski definition) is 1. The van der Waals surface area contributed by atoms with Gasteiger partial charge in [0.2, 0.25) is 0 Å². The van der Waals surface area contributed by atoms with Crippen LogP contribution in [0.5, 0.6) is 0 Å². The first kappa shape index (κ1) is 17.8. The molecule has 2 atom stereocenters. The summed E-state index contributed by atoms with van der Waals surface area (Å²) in [4.78, 5) is 18.5. The summed E-state index contributed by atoms with van der Waals surface area (Å²) >= 11 is 0. The molecule has 0 rings (SSSR count). The van der Waals surface area contributed by atoms with Crippen molar-refractivity contribution < 1.29 is 28.3 Å². The predicted molar refractivity (Wildman–Crippen MR) is 34.8 cm³/mol. The molecule has 0 aliphatic carbocycles. The number of hydrogen-bond acceptors (Lipinski definition) is 6. The average Bonchev–Trinajstić information content (AvgIpc) is 1.62. The Morgan fingerprint density at radius 3 is 1.55 bits per heavy atom. The molecule has 0 spiro atoms. The molecule has 0 fully saturated rings. The number of rotatable bonds is 2.